The van der Waals surface area contributed by atoms with Gasteiger partial charge in [-0.05, 0) is 47.4 Å². The molecule has 0 radical (unpaired) electrons. The van der Waals surface area contributed by atoms with Gasteiger partial charge in [-0.15, -0.1) is 0 Å². The Kier molecular flexibility index (Phi) is 6.71. The van der Waals surface area contributed by atoms with E-state index in [2.05, 4.69) is 4.98 Å². The van der Waals surface area contributed by atoms with Crippen molar-refractivity contribution in [3.63, 3.8) is 0 Å². The first-order valence-electron chi connectivity index (χ1n) is 12.2. The quantitative estimate of drug-likeness (QED) is 0.261. The number of imidazole rings is 1. The molecule has 0 saturated carbocycles. The Morgan fingerprint density at radius 3 is 2.28 bits per heavy atom. The number of rotatable bonds is 6. The average Bonchev–Trinajstić information content (AvgIpc) is 3.30. The molecule has 0 atom stereocenters. The van der Waals surface area contributed by atoms with Gasteiger partial charge >= 0.3 is 11.9 Å². The summed E-state index contributed by atoms with van der Waals surface area (Å²) in [4.78, 5) is 31.7. The molecule has 0 unspecified atom stereocenters. The molecule has 0 saturated heterocycles. The first-order chi connectivity index (χ1) is 18.5. The van der Waals surface area contributed by atoms with E-state index in [0.717, 1.165) is 22.3 Å². The van der Waals surface area contributed by atoms with E-state index in [1.165, 1.54) is 45.8 Å². The number of hydrogen-bond acceptors (Lipinski definition) is 3. The number of alkyl halides is 3. The van der Waals surface area contributed by atoms with Crippen molar-refractivity contribution in [1.82, 2.24) is 18.7 Å². The second-order valence-electron chi connectivity index (χ2n) is 9.59. The summed E-state index contributed by atoms with van der Waals surface area (Å²) >= 11 is 0. The fraction of sp³-hybridized carbons (Fsp3) is 0.207. The first kappa shape index (κ1) is 26.1. The highest BCUT2D eigenvalue weighted by Gasteiger charge is 2.30. The van der Waals surface area contributed by atoms with Crippen LogP contribution in [0.25, 0.3) is 16.9 Å². The molecule has 200 valence electrons. The van der Waals surface area contributed by atoms with Crippen molar-refractivity contribution in [1.29, 1.82) is 0 Å². The van der Waals surface area contributed by atoms with Crippen molar-refractivity contribution < 1.29 is 17.6 Å². The van der Waals surface area contributed by atoms with Crippen molar-refractivity contribution in [3.8, 4) is 5.69 Å². The van der Waals surface area contributed by atoms with Crippen LogP contribution in [0.2, 0.25) is 0 Å². The van der Waals surface area contributed by atoms with Crippen LogP contribution in [0.5, 0.6) is 0 Å². The molecular formula is C29H24F4N4O2. The zero-order valence-electron chi connectivity index (χ0n) is 21.1. The van der Waals surface area contributed by atoms with Crippen molar-refractivity contribution in [2.75, 3.05) is 0 Å². The van der Waals surface area contributed by atoms with Gasteiger partial charge in [0, 0.05) is 12.1 Å². The first-order valence-corrected chi connectivity index (χ1v) is 12.2. The zero-order chi connectivity index (χ0) is 27.9. The number of hydrogen-bond donors (Lipinski definition) is 0. The summed E-state index contributed by atoms with van der Waals surface area (Å²) in [6.45, 7) is 3.63. The summed E-state index contributed by atoms with van der Waals surface area (Å²) in [6, 6.07) is 17.8. The SMILES string of the molecule is CC(C)c1ccc(-n2c(=O)n(Cc3ccccc3F)c(=O)c3c2ncn3Cc2cccc(C(F)(F)F)c2)cc1. The van der Waals surface area contributed by atoms with Crippen LogP contribution in [0.3, 0.4) is 0 Å². The zero-order valence-corrected chi connectivity index (χ0v) is 21.1. The summed E-state index contributed by atoms with van der Waals surface area (Å²) in [7, 11) is 0. The Balaban J connectivity index is 1.72. The molecular weight excluding hydrogens is 512 g/mol. The summed E-state index contributed by atoms with van der Waals surface area (Å²) in [5.41, 5.74) is -0.266. The third kappa shape index (κ3) is 5.01. The molecule has 5 rings (SSSR count). The number of fused-ring (bicyclic) bond motifs is 1. The highest BCUT2D eigenvalue weighted by atomic mass is 19.4. The minimum absolute atomic E-state index is 0.0105. The molecule has 0 bridgehead atoms. The lowest BCUT2D eigenvalue weighted by Crippen LogP contribution is -2.40. The third-order valence-electron chi connectivity index (χ3n) is 6.61. The summed E-state index contributed by atoms with van der Waals surface area (Å²) < 4.78 is 57.9. The van der Waals surface area contributed by atoms with Crippen LogP contribution in [-0.4, -0.2) is 18.7 Å². The largest absolute Gasteiger partial charge is 0.416 e. The van der Waals surface area contributed by atoms with E-state index in [1.807, 2.05) is 26.0 Å². The van der Waals surface area contributed by atoms with Crippen LogP contribution in [0.15, 0.2) is 88.7 Å². The Labute approximate surface area is 220 Å². The van der Waals surface area contributed by atoms with Crippen molar-refractivity contribution in [2.24, 2.45) is 0 Å². The predicted octanol–water partition coefficient (Wildman–Crippen LogP) is 5.73. The molecule has 0 fully saturated rings. The van der Waals surface area contributed by atoms with E-state index in [4.69, 9.17) is 0 Å². The maximum atomic E-state index is 14.5. The summed E-state index contributed by atoms with van der Waals surface area (Å²) in [5, 5.41) is 0. The monoisotopic (exact) mass is 536 g/mol. The molecule has 39 heavy (non-hydrogen) atoms. The van der Waals surface area contributed by atoms with Crippen molar-refractivity contribution in [3.05, 3.63) is 128 Å². The summed E-state index contributed by atoms with van der Waals surface area (Å²) in [6.07, 6.45) is -3.21. The van der Waals surface area contributed by atoms with Crippen molar-refractivity contribution in [2.45, 2.75) is 39.0 Å². The van der Waals surface area contributed by atoms with Gasteiger partial charge in [0.1, 0.15) is 5.82 Å². The second-order valence-corrected chi connectivity index (χ2v) is 9.59. The topological polar surface area (TPSA) is 61.8 Å². The van der Waals surface area contributed by atoms with Crippen LogP contribution < -0.4 is 11.2 Å². The minimum Gasteiger partial charge on any atom is -0.320 e. The van der Waals surface area contributed by atoms with Gasteiger partial charge < -0.3 is 4.57 Å². The second kappa shape index (κ2) is 10.0. The lowest BCUT2D eigenvalue weighted by atomic mass is 10.0. The molecule has 6 nitrogen and oxygen atoms in total. The number of benzene rings is 3. The molecule has 10 heteroatoms. The Bertz CT molecular complexity index is 1780. The van der Waals surface area contributed by atoms with Gasteiger partial charge in [-0.1, -0.05) is 56.3 Å². The fourth-order valence-electron chi connectivity index (χ4n) is 4.52. The van der Waals surface area contributed by atoms with E-state index >= 15 is 0 Å². The molecule has 0 spiro atoms. The molecule has 0 aliphatic carbocycles. The minimum atomic E-state index is -4.53. The van der Waals surface area contributed by atoms with Crippen molar-refractivity contribution >= 4 is 11.2 Å². The highest BCUT2D eigenvalue weighted by molar-refractivity contribution is 5.72. The Morgan fingerprint density at radius 2 is 1.62 bits per heavy atom. The maximum absolute atomic E-state index is 14.5. The molecule has 0 N–H and O–H groups in total. The number of nitrogens with zero attached hydrogens (tertiary/aromatic N) is 4. The molecule has 0 amide bonds. The smallest absolute Gasteiger partial charge is 0.320 e. The fourth-order valence-corrected chi connectivity index (χ4v) is 4.52. The van der Waals surface area contributed by atoms with Crippen LogP contribution >= 0.6 is 0 Å². The number of halogens is 4. The molecule has 2 aromatic heterocycles. The molecule has 5 aromatic rings. The van der Waals surface area contributed by atoms with E-state index in [1.54, 1.807) is 18.2 Å². The van der Waals surface area contributed by atoms with Gasteiger partial charge in [-0.3, -0.25) is 9.36 Å². The van der Waals surface area contributed by atoms with E-state index in [0.29, 0.717) is 11.3 Å². The van der Waals surface area contributed by atoms with E-state index in [9.17, 15) is 27.2 Å². The van der Waals surface area contributed by atoms with Crippen LogP contribution in [0, 0.1) is 5.82 Å². The van der Waals surface area contributed by atoms with Gasteiger partial charge in [0.25, 0.3) is 5.56 Å². The number of aromatic nitrogens is 4. The highest BCUT2D eigenvalue weighted by Crippen LogP contribution is 2.30. The van der Waals surface area contributed by atoms with Gasteiger partial charge in [-0.25, -0.2) is 18.7 Å². The molecule has 2 heterocycles. The van der Waals surface area contributed by atoms with Crippen LogP contribution in [0.1, 0.15) is 42.0 Å². The van der Waals surface area contributed by atoms with Gasteiger partial charge in [0.15, 0.2) is 11.2 Å². The maximum Gasteiger partial charge on any atom is 0.416 e. The molecule has 0 aliphatic rings. The van der Waals surface area contributed by atoms with Gasteiger partial charge in [-0.2, -0.15) is 13.2 Å². The van der Waals surface area contributed by atoms with E-state index in [-0.39, 0.29) is 35.7 Å². The Hall–Kier alpha value is -4.47. The van der Waals surface area contributed by atoms with Crippen LogP contribution in [-0.2, 0) is 19.3 Å². The predicted molar refractivity (Wildman–Crippen MR) is 140 cm³/mol. The van der Waals surface area contributed by atoms with Gasteiger partial charge in [0.05, 0.1) is 24.1 Å². The normalized spacial score (nSPS) is 12.0. The average molecular weight is 537 g/mol. The standard InChI is InChI=1S/C29H24F4N4O2/c1-18(2)20-10-12-23(13-11-20)37-26-25(27(38)36(28(37)39)16-21-7-3-4-9-24(21)30)35(17-34-26)15-19-6-5-8-22(14-19)29(31,32)33/h3-14,17-18H,15-16H2,1-2H3. The van der Waals surface area contributed by atoms with E-state index < -0.39 is 28.8 Å². The lowest BCUT2D eigenvalue weighted by molar-refractivity contribution is -0.137. The van der Waals surface area contributed by atoms with Gasteiger partial charge in [0.2, 0.25) is 0 Å². The molecule has 0 aliphatic heterocycles. The summed E-state index contributed by atoms with van der Waals surface area (Å²) in [5.74, 6) is -0.327. The third-order valence-corrected chi connectivity index (χ3v) is 6.61. The molecule has 3 aromatic carbocycles. The Morgan fingerprint density at radius 1 is 0.897 bits per heavy atom. The van der Waals surface area contributed by atoms with Crippen LogP contribution in [0.4, 0.5) is 17.6 Å². The lowest BCUT2D eigenvalue weighted by Gasteiger charge is -2.14.